The van der Waals surface area contributed by atoms with Crippen LogP contribution >= 0.6 is 11.8 Å². The summed E-state index contributed by atoms with van der Waals surface area (Å²) in [7, 11) is 0. The molecular formula is C19H23N3O3S. The fourth-order valence-electron chi connectivity index (χ4n) is 3.01. The monoisotopic (exact) mass is 373 g/mol. The quantitative estimate of drug-likeness (QED) is 0.816. The topological polar surface area (TPSA) is 73.2 Å². The lowest BCUT2D eigenvalue weighted by Crippen LogP contribution is -2.38. The zero-order valence-corrected chi connectivity index (χ0v) is 16.1. The minimum absolute atomic E-state index is 0.0268. The number of benzene rings is 1. The van der Waals surface area contributed by atoms with Gasteiger partial charge in [0.15, 0.2) is 5.16 Å². The van der Waals surface area contributed by atoms with Gasteiger partial charge in [-0.2, -0.15) is 0 Å². The number of hydrogen-bond acceptors (Lipinski definition) is 5. The third kappa shape index (κ3) is 3.77. The molecule has 2 aromatic rings. The molecule has 1 aliphatic rings. The van der Waals surface area contributed by atoms with Gasteiger partial charge in [0.25, 0.3) is 5.56 Å². The maximum Gasteiger partial charge on any atom is 0.257 e. The summed E-state index contributed by atoms with van der Waals surface area (Å²) >= 11 is 1.46. The number of nitrogens with one attached hydrogen (secondary N) is 1. The molecule has 1 aliphatic heterocycles. The van der Waals surface area contributed by atoms with Crippen molar-refractivity contribution in [2.24, 2.45) is 5.92 Å². The smallest absolute Gasteiger partial charge is 0.257 e. The van der Waals surface area contributed by atoms with E-state index in [-0.39, 0.29) is 17.4 Å². The second-order valence-electron chi connectivity index (χ2n) is 6.18. The highest BCUT2D eigenvalue weighted by Crippen LogP contribution is 2.27. The third-order valence-corrected chi connectivity index (χ3v) is 5.55. The first-order valence-electron chi connectivity index (χ1n) is 8.80. The summed E-state index contributed by atoms with van der Waals surface area (Å²) < 4.78 is 7.05. The Kier molecular flexibility index (Phi) is 5.66. The van der Waals surface area contributed by atoms with Crippen LogP contribution in [0.25, 0.3) is 0 Å². The van der Waals surface area contributed by atoms with Crippen molar-refractivity contribution in [3.05, 3.63) is 45.9 Å². The van der Waals surface area contributed by atoms with Crippen molar-refractivity contribution in [3.63, 3.8) is 0 Å². The van der Waals surface area contributed by atoms with E-state index in [1.165, 1.54) is 11.8 Å². The largest absolute Gasteiger partial charge is 0.494 e. The predicted molar refractivity (Wildman–Crippen MR) is 103 cm³/mol. The molecule has 0 saturated carbocycles. The molecule has 1 N–H and O–H groups in total. The van der Waals surface area contributed by atoms with Crippen LogP contribution in [-0.2, 0) is 17.8 Å². The van der Waals surface area contributed by atoms with Crippen molar-refractivity contribution in [2.45, 2.75) is 38.9 Å². The maximum atomic E-state index is 12.7. The first-order chi connectivity index (χ1) is 12.5. The van der Waals surface area contributed by atoms with Gasteiger partial charge >= 0.3 is 0 Å². The molecule has 0 spiro atoms. The summed E-state index contributed by atoms with van der Waals surface area (Å²) in [5, 5.41) is 3.63. The minimum atomic E-state index is -0.272. The Bertz CT molecular complexity index is 862. The highest BCUT2D eigenvalue weighted by Gasteiger charge is 2.28. The standard InChI is InChI=1S/C19H23N3O3S/c1-4-16-12(3)20-19-22(18(16)24)10-13(11-26-19)17(23)21-14-6-8-15(9-7-14)25-5-2/h6-9,13H,4-5,10-11H2,1-3H3,(H,21,23). The third-order valence-electron chi connectivity index (χ3n) is 4.41. The van der Waals surface area contributed by atoms with Crippen LogP contribution < -0.4 is 15.6 Å². The zero-order chi connectivity index (χ0) is 18.7. The van der Waals surface area contributed by atoms with Crippen LogP contribution in [0.2, 0.25) is 0 Å². The van der Waals surface area contributed by atoms with E-state index in [1.807, 2.05) is 45.0 Å². The van der Waals surface area contributed by atoms with Gasteiger partial charge in [-0.05, 0) is 44.5 Å². The van der Waals surface area contributed by atoms with Crippen LogP contribution in [0.3, 0.4) is 0 Å². The van der Waals surface area contributed by atoms with E-state index in [9.17, 15) is 9.59 Å². The molecule has 0 bridgehead atoms. The number of rotatable bonds is 5. The average Bonchev–Trinajstić information content (AvgIpc) is 2.63. The Hall–Kier alpha value is -2.28. The van der Waals surface area contributed by atoms with E-state index < -0.39 is 0 Å². The molecule has 7 heteroatoms. The van der Waals surface area contributed by atoms with E-state index in [4.69, 9.17) is 4.74 Å². The van der Waals surface area contributed by atoms with Gasteiger partial charge in [-0.15, -0.1) is 0 Å². The number of ether oxygens (including phenoxy) is 1. The molecule has 0 saturated heterocycles. The van der Waals surface area contributed by atoms with E-state index >= 15 is 0 Å². The second kappa shape index (κ2) is 7.95. The molecule has 6 nitrogen and oxygen atoms in total. The van der Waals surface area contributed by atoms with Gasteiger partial charge in [0.1, 0.15) is 5.75 Å². The van der Waals surface area contributed by atoms with Crippen LogP contribution in [0.15, 0.2) is 34.2 Å². The SMILES string of the molecule is CCOc1ccc(NC(=O)C2CSc3nc(C)c(CC)c(=O)n3C2)cc1. The molecule has 1 amide bonds. The number of hydrogen-bond donors (Lipinski definition) is 1. The van der Waals surface area contributed by atoms with E-state index in [2.05, 4.69) is 10.3 Å². The lowest BCUT2D eigenvalue weighted by molar-refractivity contribution is -0.119. The van der Waals surface area contributed by atoms with Crippen LogP contribution in [0.1, 0.15) is 25.1 Å². The predicted octanol–water partition coefficient (Wildman–Crippen LogP) is 2.87. The lowest BCUT2D eigenvalue weighted by Gasteiger charge is -2.25. The molecule has 26 heavy (non-hydrogen) atoms. The van der Waals surface area contributed by atoms with Gasteiger partial charge in [-0.25, -0.2) is 4.98 Å². The molecule has 1 atom stereocenters. The molecule has 2 heterocycles. The van der Waals surface area contributed by atoms with Crippen LogP contribution in [0, 0.1) is 12.8 Å². The van der Waals surface area contributed by atoms with Gasteiger partial charge in [0.2, 0.25) is 5.91 Å². The normalized spacial score (nSPS) is 16.0. The number of nitrogens with zero attached hydrogens (tertiary/aromatic N) is 2. The van der Waals surface area contributed by atoms with Gasteiger partial charge in [0.05, 0.1) is 12.5 Å². The number of amides is 1. The molecule has 1 aromatic carbocycles. The zero-order valence-electron chi connectivity index (χ0n) is 15.2. The Morgan fingerprint density at radius 1 is 1.35 bits per heavy atom. The number of carbonyl (C=O) groups excluding carboxylic acids is 1. The number of anilines is 1. The number of aryl methyl sites for hydroxylation is 1. The van der Waals surface area contributed by atoms with E-state index in [0.29, 0.717) is 30.5 Å². The Balaban J connectivity index is 1.74. The summed E-state index contributed by atoms with van der Waals surface area (Å²) in [5.41, 5.74) is 2.20. The van der Waals surface area contributed by atoms with Crippen LogP contribution in [-0.4, -0.2) is 27.8 Å². The van der Waals surface area contributed by atoms with Crippen molar-refractivity contribution in [1.29, 1.82) is 0 Å². The van der Waals surface area contributed by atoms with Gasteiger partial charge in [-0.1, -0.05) is 18.7 Å². The first-order valence-corrected chi connectivity index (χ1v) is 9.78. The van der Waals surface area contributed by atoms with Crippen molar-refractivity contribution in [2.75, 3.05) is 17.7 Å². The highest BCUT2D eigenvalue weighted by molar-refractivity contribution is 7.99. The molecule has 138 valence electrons. The number of fused-ring (bicyclic) bond motifs is 1. The van der Waals surface area contributed by atoms with E-state index in [1.54, 1.807) is 4.57 Å². The lowest BCUT2D eigenvalue weighted by atomic mass is 10.1. The summed E-state index contributed by atoms with van der Waals surface area (Å²) in [5.74, 6) is 1.02. The Labute approximate surface area is 157 Å². The van der Waals surface area contributed by atoms with Crippen LogP contribution in [0.5, 0.6) is 5.75 Å². The Morgan fingerprint density at radius 2 is 2.08 bits per heavy atom. The first kappa shape index (κ1) is 18.5. The number of carbonyl (C=O) groups is 1. The summed E-state index contributed by atoms with van der Waals surface area (Å²) in [6.45, 7) is 6.71. The van der Waals surface area contributed by atoms with Crippen molar-refractivity contribution in [1.82, 2.24) is 9.55 Å². The second-order valence-corrected chi connectivity index (χ2v) is 7.17. The van der Waals surface area contributed by atoms with Gasteiger partial charge in [0, 0.05) is 29.2 Å². The van der Waals surface area contributed by atoms with Crippen LogP contribution in [0.4, 0.5) is 5.69 Å². The van der Waals surface area contributed by atoms with Crippen molar-refractivity contribution in [3.8, 4) is 5.75 Å². The maximum absolute atomic E-state index is 12.7. The minimum Gasteiger partial charge on any atom is -0.494 e. The number of aromatic nitrogens is 2. The summed E-state index contributed by atoms with van der Waals surface area (Å²) in [6, 6.07) is 7.29. The molecule has 1 unspecified atom stereocenters. The van der Waals surface area contributed by atoms with Gasteiger partial charge < -0.3 is 10.1 Å². The molecule has 0 fully saturated rings. The highest BCUT2D eigenvalue weighted by atomic mass is 32.2. The molecule has 0 radical (unpaired) electrons. The molecule has 1 aromatic heterocycles. The van der Waals surface area contributed by atoms with Crippen molar-refractivity contribution >= 4 is 23.4 Å². The van der Waals surface area contributed by atoms with Gasteiger partial charge in [-0.3, -0.25) is 14.2 Å². The molecular weight excluding hydrogens is 350 g/mol. The van der Waals surface area contributed by atoms with Crippen molar-refractivity contribution < 1.29 is 9.53 Å². The average molecular weight is 373 g/mol. The molecule has 3 rings (SSSR count). The fourth-order valence-corrected chi connectivity index (χ4v) is 4.13. The van der Waals surface area contributed by atoms with E-state index in [0.717, 1.165) is 22.7 Å². The summed E-state index contributed by atoms with van der Waals surface area (Å²) in [6.07, 6.45) is 0.645. The summed E-state index contributed by atoms with van der Waals surface area (Å²) in [4.78, 5) is 29.8. The Morgan fingerprint density at radius 3 is 2.73 bits per heavy atom. The molecule has 0 aliphatic carbocycles. The number of thioether (sulfide) groups is 1. The fraction of sp³-hybridized carbons (Fsp3) is 0.421.